The van der Waals surface area contributed by atoms with Gasteiger partial charge in [0.25, 0.3) is 11.8 Å². The van der Waals surface area contributed by atoms with E-state index in [1.807, 2.05) is 30.5 Å². The Bertz CT molecular complexity index is 1080. The van der Waals surface area contributed by atoms with Crippen LogP contribution in [-0.2, 0) is 6.42 Å². The summed E-state index contributed by atoms with van der Waals surface area (Å²) in [5.41, 5.74) is 2.27. The fourth-order valence-electron chi connectivity index (χ4n) is 2.74. The molecule has 27 heavy (non-hydrogen) atoms. The number of hydrogen-bond acceptors (Lipinski definition) is 5. The van der Waals surface area contributed by atoms with Crippen molar-refractivity contribution in [3.63, 3.8) is 0 Å². The van der Waals surface area contributed by atoms with Gasteiger partial charge in [-0.05, 0) is 30.2 Å². The number of H-pyrrole nitrogens is 1. The van der Waals surface area contributed by atoms with Gasteiger partial charge in [0.15, 0.2) is 11.5 Å². The van der Waals surface area contributed by atoms with E-state index in [4.69, 9.17) is 8.83 Å². The quantitative estimate of drug-likeness (QED) is 0.487. The Morgan fingerprint density at radius 1 is 1.07 bits per heavy atom. The van der Waals surface area contributed by atoms with Crippen LogP contribution in [0.25, 0.3) is 10.9 Å². The molecule has 0 fully saturated rings. The van der Waals surface area contributed by atoms with Crippen molar-refractivity contribution < 1.29 is 18.4 Å². The number of carbonyl (C=O) groups is 2. The lowest BCUT2D eigenvalue weighted by molar-refractivity contribution is 0.0947. The lowest BCUT2D eigenvalue weighted by Crippen LogP contribution is -2.26. The van der Waals surface area contributed by atoms with Crippen LogP contribution in [0.15, 0.2) is 64.0 Å². The van der Waals surface area contributed by atoms with Crippen molar-refractivity contribution in [1.82, 2.24) is 15.3 Å². The van der Waals surface area contributed by atoms with Crippen molar-refractivity contribution in [2.24, 2.45) is 0 Å². The van der Waals surface area contributed by atoms with Gasteiger partial charge in [-0.3, -0.25) is 14.9 Å². The molecule has 8 heteroatoms. The molecule has 1 aromatic carbocycles. The first-order valence-corrected chi connectivity index (χ1v) is 8.34. The molecular formula is C19H16N4O4. The van der Waals surface area contributed by atoms with Gasteiger partial charge in [-0.2, -0.15) is 4.98 Å². The molecule has 0 unspecified atom stereocenters. The highest BCUT2D eigenvalue weighted by Gasteiger charge is 2.16. The average Bonchev–Trinajstić information content (AvgIpc) is 3.43. The van der Waals surface area contributed by atoms with E-state index in [9.17, 15) is 9.59 Å². The molecule has 0 bridgehead atoms. The second-order valence-corrected chi connectivity index (χ2v) is 5.83. The second kappa shape index (κ2) is 7.20. The molecule has 0 aliphatic rings. The number of oxazole rings is 1. The number of benzene rings is 1. The lowest BCUT2D eigenvalue weighted by Gasteiger charge is -2.02. The van der Waals surface area contributed by atoms with Crippen LogP contribution in [0.4, 0.5) is 6.01 Å². The Morgan fingerprint density at radius 2 is 1.96 bits per heavy atom. The summed E-state index contributed by atoms with van der Waals surface area (Å²) < 4.78 is 10.1. The SMILES string of the molecule is O=C(NCCc1c[nH]c2ccccc12)c1coc(NC(=O)c2ccco2)n1. The van der Waals surface area contributed by atoms with Gasteiger partial charge in [0.05, 0.1) is 6.26 Å². The zero-order valence-corrected chi connectivity index (χ0v) is 14.2. The maximum absolute atomic E-state index is 12.2. The van der Waals surface area contributed by atoms with Crippen LogP contribution in [0.2, 0.25) is 0 Å². The topological polar surface area (TPSA) is 113 Å². The molecule has 0 radical (unpaired) electrons. The number of hydrogen-bond donors (Lipinski definition) is 3. The number of para-hydroxylation sites is 1. The molecule has 3 aromatic heterocycles. The Kier molecular flexibility index (Phi) is 4.44. The van der Waals surface area contributed by atoms with E-state index < -0.39 is 5.91 Å². The number of furan rings is 1. The minimum absolute atomic E-state index is 0.0711. The standard InChI is InChI=1S/C19H16N4O4/c24-17(20-8-7-12-10-21-14-5-2-1-4-13(12)14)15-11-27-19(22-15)23-18(25)16-6-3-9-26-16/h1-6,9-11,21H,7-8H2,(H,20,24)(H,22,23,25). The van der Waals surface area contributed by atoms with Gasteiger partial charge in [0.1, 0.15) is 6.26 Å². The zero-order valence-electron chi connectivity index (χ0n) is 14.2. The largest absolute Gasteiger partial charge is 0.459 e. The normalized spacial score (nSPS) is 10.8. The monoisotopic (exact) mass is 364 g/mol. The molecule has 0 spiro atoms. The number of aromatic amines is 1. The first kappa shape index (κ1) is 16.6. The van der Waals surface area contributed by atoms with E-state index >= 15 is 0 Å². The molecule has 136 valence electrons. The van der Waals surface area contributed by atoms with Crippen molar-refractivity contribution in [2.45, 2.75) is 6.42 Å². The molecule has 2 amide bonds. The first-order chi connectivity index (χ1) is 13.2. The minimum atomic E-state index is -0.506. The molecule has 0 atom stereocenters. The van der Waals surface area contributed by atoms with Gasteiger partial charge >= 0.3 is 6.01 Å². The summed E-state index contributed by atoms with van der Waals surface area (Å²) in [6, 6.07) is 11.0. The minimum Gasteiger partial charge on any atom is -0.459 e. The Labute approximate surface area is 153 Å². The third-order valence-corrected chi connectivity index (χ3v) is 4.06. The molecule has 0 saturated heterocycles. The number of nitrogens with one attached hydrogen (secondary N) is 3. The molecular weight excluding hydrogens is 348 g/mol. The molecule has 0 aliphatic heterocycles. The van der Waals surface area contributed by atoms with Crippen LogP contribution in [0.5, 0.6) is 0 Å². The number of rotatable bonds is 6. The van der Waals surface area contributed by atoms with Gasteiger partial charge in [0.2, 0.25) is 0 Å². The van der Waals surface area contributed by atoms with Crippen LogP contribution >= 0.6 is 0 Å². The highest BCUT2D eigenvalue weighted by molar-refractivity contribution is 6.01. The van der Waals surface area contributed by atoms with E-state index in [0.717, 1.165) is 16.5 Å². The van der Waals surface area contributed by atoms with E-state index in [1.165, 1.54) is 18.6 Å². The highest BCUT2D eigenvalue weighted by atomic mass is 16.4. The number of nitrogens with zero attached hydrogens (tertiary/aromatic N) is 1. The molecule has 4 aromatic rings. The van der Waals surface area contributed by atoms with Crippen LogP contribution in [0, 0.1) is 0 Å². The predicted molar refractivity (Wildman–Crippen MR) is 97.5 cm³/mol. The van der Waals surface area contributed by atoms with Crippen LogP contribution in [-0.4, -0.2) is 28.3 Å². The highest BCUT2D eigenvalue weighted by Crippen LogP contribution is 2.17. The summed E-state index contributed by atoms with van der Waals surface area (Å²) in [5.74, 6) is -0.761. The maximum atomic E-state index is 12.2. The molecule has 8 nitrogen and oxygen atoms in total. The zero-order chi connectivity index (χ0) is 18.6. The van der Waals surface area contributed by atoms with Gasteiger partial charge in [-0.25, -0.2) is 0 Å². The molecule has 3 N–H and O–H groups in total. The number of carbonyl (C=O) groups excluding carboxylic acids is 2. The van der Waals surface area contributed by atoms with Crippen molar-refractivity contribution in [3.05, 3.63) is 72.1 Å². The number of fused-ring (bicyclic) bond motifs is 1. The van der Waals surface area contributed by atoms with Crippen molar-refractivity contribution in [2.75, 3.05) is 11.9 Å². The van der Waals surface area contributed by atoms with Crippen LogP contribution in [0.3, 0.4) is 0 Å². The smallest absolute Gasteiger partial charge is 0.302 e. The van der Waals surface area contributed by atoms with Gasteiger partial charge in [-0.15, -0.1) is 0 Å². The average molecular weight is 364 g/mol. The Hall–Kier alpha value is -3.81. The predicted octanol–water partition coefficient (Wildman–Crippen LogP) is 2.97. The summed E-state index contributed by atoms with van der Waals surface area (Å²) in [6.45, 7) is 0.446. The van der Waals surface area contributed by atoms with E-state index in [-0.39, 0.29) is 23.4 Å². The molecule has 0 aliphatic carbocycles. The van der Waals surface area contributed by atoms with Crippen LogP contribution < -0.4 is 10.6 Å². The van der Waals surface area contributed by atoms with E-state index in [0.29, 0.717) is 13.0 Å². The van der Waals surface area contributed by atoms with Crippen molar-refractivity contribution >= 4 is 28.7 Å². The fraction of sp³-hybridized carbons (Fsp3) is 0.105. The summed E-state index contributed by atoms with van der Waals surface area (Å²) in [7, 11) is 0. The Balaban J connectivity index is 1.32. The molecule has 4 rings (SSSR count). The summed E-state index contributed by atoms with van der Waals surface area (Å²) in [6.07, 6.45) is 5.20. The third-order valence-electron chi connectivity index (χ3n) is 4.06. The maximum Gasteiger partial charge on any atom is 0.302 e. The Morgan fingerprint density at radius 3 is 2.81 bits per heavy atom. The fourth-order valence-corrected chi connectivity index (χ4v) is 2.74. The molecule has 3 heterocycles. The number of anilines is 1. The third kappa shape index (κ3) is 3.59. The van der Waals surface area contributed by atoms with Crippen LogP contribution in [0.1, 0.15) is 26.6 Å². The van der Waals surface area contributed by atoms with Crippen molar-refractivity contribution in [3.8, 4) is 0 Å². The second-order valence-electron chi connectivity index (χ2n) is 5.83. The van der Waals surface area contributed by atoms with Gasteiger partial charge in [0, 0.05) is 23.6 Å². The summed E-state index contributed by atoms with van der Waals surface area (Å²) in [5, 5.41) is 6.35. The molecule has 0 saturated carbocycles. The lowest BCUT2D eigenvalue weighted by atomic mass is 10.1. The van der Waals surface area contributed by atoms with Crippen molar-refractivity contribution in [1.29, 1.82) is 0 Å². The first-order valence-electron chi connectivity index (χ1n) is 8.34. The van der Waals surface area contributed by atoms with E-state index in [1.54, 1.807) is 6.07 Å². The summed E-state index contributed by atoms with van der Waals surface area (Å²) in [4.78, 5) is 31.2. The van der Waals surface area contributed by atoms with Gasteiger partial charge in [-0.1, -0.05) is 18.2 Å². The van der Waals surface area contributed by atoms with E-state index in [2.05, 4.69) is 20.6 Å². The van der Waals surface area contributed by atoms with Gasteiger partial charge < -0.3 is 19.1 Å². The number of amides is 2. The summed E-state index contributed by atoms with van der Waals surface area (Å²) >= 11 is 0. The number of aromatic nitrogens is 2.